The molecule has 0 aliphatic carbocycles. The second kappa shape index (κ2) is 27.6. The fraction of sp³-hybridized carbons (Fsp3) is 0.848. The van der Waals surface area contributed by atoms with Crippen molar-refractivity contribution in [1.29, 1.82) is 0 Å². The predicted molar refractivity (Wildman–Crippen MR) is 172 cm³/mol. The van der Waals surface area contributed by atoms with E-state index in [-0.39, 0.29) is 6.42 Å². The summed E-state index contributed by atoms with van der Waals surface area (Å²) in [6.07, 6.45) is 29.6. The molecule has 0 radical (unpaired) electrons. The Morgan fingerprint density at radius 2 is 1.10 bits per heavy atom. The molecule has 0 aromatic heterocycles. The first-order valence-corrected chi connectivity index (χ1v) is 18.3. The van der Waals surface area contributed by atoms with Crippen LogP contribution in [0.25, 0.3) is 0 Å². The van der Waals surface area contributed by atoms with E-state index in [1.54, 1.807) is 6.08 Å². The van der Waals surface area contributed by atoms with Gasteiger partial charge in [-0.2, -0.15) is 8.42 Å². The van der Waals surface area contributed by atoms with Gasteiger partial charge in [-0.3, -0.25) is 9.35 Å². The van der Waals surface area contributed by atoms with Crippen molar-refractivity contribution >= 4 is 16.0 Å². The Balaban J connectivity index is 4.24. The smallest absolute Gasteiger partial charge is 0.267 e. The lowest BCUT2D eigenvalue weighted by atomic mass is 10.0. The van der Waals surface area contributed by atoms with Crippen LogP contribution in [-0.4, -0.2) is 53.1 Å². The summed E-state index contributed by atoms with van der Waals surface area (Å²) in [5, 5.41) is 23.1. The standard InChI is InChI=1S/C33H63NO6S/c1-3-5-7-9-11-13-14-15-16-17-18-20-21-23-25-27-31(35)30(29-41(38,39)40)34-33(37)32(36)28-26-24-22-19-12-10-8-6-4-2/h18,20,25,27,30-32,35-36H,3-17,19,21-24,26,28-29H2,1-2H3,(H,34,37)(H,38,39,40)/b20-18+,27-25+. The maximum Gasteiger partial charge on any atom is 0.267 e. The largest absolute Gasteiger partial charge is 0.387 e. The summed E-state index contributed by atoms with van der Waals surface area (Å²) in [4.78, 5) is 12.4. The highest BCUT2D eigenvalue weighted by molar-refractivity contribution is 7.85. The minimum atomic E-state index is -4.44. The zero-order chi connectivity index (χ0) is 30.6. The molecule has 242 valence electrons. The van der Waals surface area contributed by atoms with Crippen LogP contribution >= 0.6 is 0 Å². The highest BCUT2D eigenvalue weighted by Gasteiger charge is 2.27. The molecule has 1 amide bonds. The summed E-state index contributed by atoms with van der Waals surface area (Å²) in [5.41, 5.74) is 0. The van der Waals surface area contributed by atoms with Gasteiger partial charge in [0.1, 0.15) is 6.10 Å². The molecule has 3 atom stereocenters. The van der Waals surface area contributed by atoms with Crippen LogP contribution in [-0.2, 0) is 14.9 Å². The minimum absolute atomic E-state index is 0.275. The average Bonchev–Trinajstić information content (AvgIpc) is 2.92. The Morgan fingerprint density at radius 1 is 0.659 bits per heavy atom. The van der Waals surface area contributed by atoms with E-state index in [0.29, 0.717) is 12.8 Å². The molecule has 0 aromatic carbocycles. The molecule has 8 heteroatoms. The molecule has 0 saturated heterocycles. The molecule has 3 unspecified atom stereocenters. The number of aliphatic hydroxyl groups is 2. The summed E-state index contributed by atoms with van der Waals surface area (Å²) in [5.74, 6) is -1.56. The molecule has 0 heterocycles. The number of nitrogens with one attached hydrogen (secondary N) is 1. The zero-order valence-electron chi connectivity index (χ0n) is 26.3. The summed E-state index contributed by atoms with van der Waals surface area (Å²) < 4.78 is 32.2. The first-order chi connectivity index (χ1) is 19.7. The van der Waals surface area contributed by atoms with Crippen LogP contribution in [0.4, 0.5) is 0 Å². The van der Waals surface area contributed by atoms with Crippen LogP contribution in [0.5, 0.6) is 0 Å². The number of hydrogen-bond acceptors (Lipinski definition) is 5. The first-order valence-electron chi connectivity index (χ1n) is 16.6. The van der Waals surface area contributed by atoms with Gasteiger partial charge >= 0.3 is 0 Å². The van der Waals surface area contributed by atoms with E-state index in [4.69, 9.17) is 0 Å². The van der Waals surface area contributed by atoms with Gasteiger partial charge in [-0.05, 0) is 32.1 Å². The number of rotatable bonds is 29. The van der Waals surface area contributed by atoms with Gasteiger partial charge in [0, 0.05) is 0 Å². The Labute approximate surface area is 252 Å². The summed E-state index contributed by atoms with van der Waals surface area (Å²) in [6.45, 7) is 4.44. The van der Waals surface area contributed by atoms with Crippen LogP contribution in [0, 0.1) is 0 Å². The number of unbranched alkanes of at least 4 members (excludes halogenated alkanes) is 18. The third kappa shape index (κ3) is 27.4. The Hall–Kier alpha value is -1.22. The van der Waals surface area contributed by atoms with Crippen molar-refractivity contribution in [3.8, 4) is 0 Å². The SMILES string of the molecule is CCCCCCCCCCC/C=C/CC/C=C/C(O)C(CS(=O)(=O)O)NC(=O)C(O)CCCCCCCCCCC. The van der Waals surface area contributed by atoms with E-state index in [1.165, 1.54) is 96.0 Å². The molecule has 0 aliphatic heterocycles. The quantitative estimate of drug-likeness (QED) is 0.0394. The fourth-order valence-corrected chi connectivity index (χ4v) is 5.62. The van der Waals surface area contributed by atoms with Gasteiger partial charge in [-0.15, -0.1) is 0 Å². The van der Waals surface area contributed by atoms with Crippen molar-refractivity contribution < 1.29 is 28.0 Å². The highest BCUT2D eigenvalue weighted by atomic mass is 32.2. The molecule has 0 spiro atoms. The van der Waals surface area contributed by atoms with Gasteiger partial charge in [0.25, 0.3) is 10.1 Å². The van der Waals surface area contributed by atoms with E-state index in [1.807, 2.05) is 0 Å². The van der Waals surface area contributed by atoms with Crippen molar-refractivity contribution in [2.24, 2.45) is 0 Å². The van der Waals surface area contributed by atoms with E-state index >= 15 is 0 Å². The number of hydrogen-bond donors (Lipinski definition) is 4. The molecular formula is C33H63NO6S. The number of amides is 1. The maximum absolute atomic E-state index is 12.4. The van der Waals surface area contributed by atoms with Crippen molar-refractivity contribution in [3.63, 3.8) is 0 Å². The number of carbonyl (C=O) groups is 1. The first kappa shape index (κ1) is 39.8. The fourth-order valence-electron chi connectivity index (χ4n) is 4.88. The van der Waals surface area contributed by atoms with Gasteiger partial charge in [0.15, 0.2) is 0 Å². The number of carbonyl (C=O) groups excluding carboxylic acids is 1. The van der Waals surface area contributed by atoms with E-state index in [9.17, 15) is 28.0 Å². The lowest BCUT2D eigenvalue weighted by Gasteiger charge is -2.22. The van der Waals surface area contributed by atoms with E-state index < -0.39 is 40.0 Å². The molecular weight excluding hydrogens is 538 g/mol. The van der Waals surface area contributed by atoms with Crippen LogP contribution in [0.2, 0.25) is 0 Å². The molecule has 4 N–H and O–H groups in total. The summed E-state index contributed by atoms with van der Waals surface area (Å²) in [6, 6.07) is -1.24. The maximum atomic E-state index is 12.4. The summed E-state index contributed by atoms with van der Waals surface area (Å²) >= 11 is 0. The lowest BCUT2D eigenvalue weighted by molar-refractivity contribution is -0.130. The van der Waals surface area contributed by atoms with Crippen molar-refractivity contribution in [2.45, 2.75) is 173 Å². The Kier molecular flexibility index (Phi) is 26.8. The molecule has 0 fully saturated rings. The van der Waals surface area contributed by atoms with Gasteiger partial charge in [-0.1, -0.05) is 147 Å². The monoisotopic (exact) mass is 601 g/mol. The van der Waals surface area contributed by atoms with Crippen molar-refractivity contribution in [3.05, 3.63) is 24.3 Å². The minimum Gasteiger partial charge on any atom is -0.387 e. The third-order valence-electron chi connectivity index (χ3n) is 7.49. The molecule has 0 aromatic rings. The lowest BCUT2D eigenvalue weighted by Crippen LogP contribution is -2.50. The Bertz CT molecular complexity index is 768. The van der Waals surface area contributed by atoms with Crippen LogP contribution in [0.15, 0.2) is 24.3 Å². The van der Waals surface area contributed by atoms with Crippen LogP contribution in [0.3, 0.4) is 0 Å². The summed E-state index contributed by atoms with van der Waals surface area (Å²) in [7, 11) is -4.44. The normalized spacial score (nSPS) is 14.6. The van der Waals surface area contributed by atoms with E-state index in [0.717, 1.165) is 32.1 Å². The molecule has 7 nitrogen and oxygen atoms in total. The van der Waals surface area contributed by atoms with Crippen molar-refractivity contribution in [1.82, 2.24) is 5.32 Å². The number of aliphatic hydroxyl groups excluding tert-OH is 2. The van der Waals surface area contributed by atoms with Gasteiger partial charge in [0.2, 0.25) is 5.91 Å². The van der Waals surface area contributed by atoms with Crippen molar-refractivity contribution in [2.75, 3.05) is 5.75 Å². The van der Waals surface area contributed by atoms with Gasteiger partial charge in [-0.25, -0.2) is 0 Å². The van der Waals surface area contributed by atoms with Gasteiger partial charge in [0.05, 0.1) is 17.9 Å². The van der Waals surface area contributed by atoms with Crippen LogP contribution in [0.1, 0.15) is 155 Å². The van der Waals surface area contributed by atoms with Crippen LogP contribution < -0.4 is 5.32 Å². The molecule has 0 rings (SSSR count). The highest BCUT2D eigenvalue weighted by Crippen LogP contribution is 2.13. The molecule has 0 bridgehead atoms. The molecule has 0 aliphatic rings. The second-order valence-electron chi connectivity index (χ2n) is 11.6. The second-order valence-corrected chi connectivity index (χ2v) is 13.1. The predicted octanol–water partition coefficient (Wildman–Crippen LogP) is 7.82. The Morgan fingerprint density at radius 3 is 1.61 bits per heavy atom. The topological polar surface area (TPSA) is 124 Å². The zero-order valence-corrected chi connectivity index (χ0v) is 27.1. The molecule has 0 saturated carbocycles. The average molecular weight is 602 g/mol. The van der Waals surface area contributed by atoms with Gasteiger partial charge < -0.3 is 15.5 Å². The third-order valence-corrected chi connectivity index (χ3v) is 8.27. The number of allylic oxidation sites excluding steroid dienone is 3. The van der Waals surface area contributed by atoms with E-state index in [2.05, 4.69) is 31.3 Å². The molecule has 41 heavy (non-hydrogen) atoms.